The largest absolute Gasteiger partial charge is 4.00 e. The van der Waals surface area contributed by atoms with Crippen LogP contribution in [0.25, 0.3) is 98.0 Å². The molecule has 0 bridgehead atoms. The molecule has 10 nitrogen and oxygen atoms in total. The van der Waals surface area contributed by atoms with Crippen molar-refractivity contribution in [3.05, 3.63) is 309 Å². The zero-order chi connectivity index (χ0) is 62.5. The van der Waals surface area contributed by atoms with Crippen LogP contribution >= 0.6 is 0 Å². The Balaban J connectivity index is 0.000000136. The molecule has 11 heteroatoms. The second kappa shape index (κ2) is 29.4. The van der Waals surface area contributed by atoms with Gasteiger partial charge in [0.05, 0.1) is 52.8 Å². The first-order valence-electron chi connectivity index (χ1n) is 29.8. The third-order valence-corrected chi connectivity index (χ3v) is 15.2. The van der Waals surface area contributed by atoms with Crippen LogP contribution in [-0.2, 0) is 21.7 Å². The van der Waals surface area contributed by atoms with Crippen molar-refractivity contribution in [1.82, 2.24) is 15.0 Å². The molecule has 0 saturated carbocycles. The molecule has 0 spiro atoms. The van der Waals surface area contributed by atoms with Crippen molar-refractivity contribution in [3.8, 4) is 50.6 Å². The summed E-state index contributed by atoms with van der Waals surface area (Å²) in [7, 11) is 0. The summed E-state index contributed by atoms with van der Waals surface area (Å²) in [4.78, 5) is 27.1. The molecule has 0 aliphatic carbocycles. The van der Waals surface area contributed by atoms with Crippen LogP contribution in [0.1, 0.15) is 30.9 Å². The predicted octanol–water partition coefficient (Wildman–Crippen LogP) is 17.4. The Morgan fingerprint density at radius 2 is 0.478 bits per heavy atom. The SMILES string of the molecule is CC(C)[O-].[O-]c1ccc2ccccc2c1-c1c(N=Cc2ccccn2)ccc2ccccc12.[O-]c1ccc2ccccc2c1-c1c(N=Cc2ccccn2)ccc2ccccc12.[O-]c1ccc2ccccc2c1-c1c(N=Cc2ccccn2)ccc2ccccc12.[Ti+4]. The topological polar surface area (TPSA) is 168 Å². The number of nitrogens with zero attached hydrogens (tertiary/aromatic N) is 6. The van der Waals surface area contributed by atoms with Crippen molar-refractivity contribution >= 4 is 100 Å². The van der Waals surface area contributed by atoms with Crippen LogP contribution in [0.5, 0.6) is 17.2 Å². The van der Waals surface area contributed by atoms with Gasteiger partial charge in [-0.15, -0.1) is 23.4 Å². The fourth-order valence-corrected chi connectivity index (χ4v) is 11.2. The molecule has 0 amide bonds. The zero-order valence-corrected chi connectivity index (χ0v) is 51.9. The van der Waals surface area contributed by atoms with Gasteiger partial charge in [-0.25, -0.2) is 0 Å². The van der Waals surface area contributed by atoms with Crippen molar-refractivity contribution in [3.63, 3.8) is 0 Å². The quantitative estimate of drug-likeness (QED) is 0.102. The molecule has 15 rings (SSSR count). The third-order valence-electron chi connectivity index (χ3n) is 15.2. The van der Waals surface area contributed by atoms with E-state index in [9.17, 15) is 20.4 Å². The zero-order valence-electron chi connectivity index (χ0n) is 50.3. The van der Waals surface area contributed by atoms with Gasteiger partial charge in [-0.3, -0.25) is 29.9 Å². The van der Waals surface area contributed by atoms with E-state index < -0.39 is 6.10 Å². The first kappa shape index (κ1) is 62.3. The fourth-order valence-electron chi connectivity index (χ4n) is 11.2. The molecule has 440 valence electrons. The number of hydrogen-bond acceptors (Lipinski definition) is 10. The van der Waals surface area contributed by atoms with Gasteiger partial charge in [-0.1, -0.05) is 232 Å². The van der Waals surface area contributed by atoms with Gasteiger partial charge >= 0.3 is 21.7 Å². The fraction of sp³-hybridized carbons (Fsp3) is 0.0370. The second-order valence-corrected chi connectivity index (χ2v) is 21.6. The molecule has 0 aliphatic rings. The maximum Gasteiger partial charge on any atom is 4.00 e. The van der Waals surface area contributed by atoms with E-state index >= 15 is 0 Å². The molecule has 3 aromatic heterocycles. The van der Waals surface area contributed by atoms with E-state index in [-0.39, 0.29) is 39.0 Å². The molecule has 0 saturated heterocycles. The summed E-state index contributed by atoms with van der Waals surface area (Å²) in [5, 5.41) is 60.8. The normalized spacial score (nSPS) is 11.2. The van der Waals surface area contributed by atoms with E-state index in [1.54, 1.807) is 69.3 Å². The molecule has 0 N–H and O–H groups in total. The minimum atomic E-state index is -0.417. The molecule has 0 radical (unpaired) electrons. The maximum absolute atomic E-state index is 13.0. The number of rotatable bonds is 9. The number of aliphatic imine (C=N–C) groups is 3. The summed E-state index contributed by atoms with van der Waals surface area (Å²) >= 11 is 0. The third kappa shape index (κ3) is 14.1. The van der Waals surface area contributed by atoms with Gasteiger partial charge in [0.1, 0.15) is 0 Å². The van der Waals surface area contributed by atoms with Crippen molar-refractivity contribution in [2.24, 2.45) is 15.0 Å². The molecule has 0 fully saturated rings. The second-order valence-electron chi connectivity index (χ2n) is 21.6. The van der Waals surface area contributed by atoms with Crippen molar-refractivity contribution < 1.29 is 42.1 Å². The van der Waals surface area contributed by atoms with E-state index in [1.165, 1.54) is 0 Å². The van der Waals surface area contributed by atoms with Crippen LogP contribution in [0.3, 0.4) is 0 Å². The Morgan fingerprint density at radius 3 is 0.707 bits per heavy atom. The Hall–Kier alpha value is -11.3. The Bertz CT molecular complexity index is 4650. The van der Waals surface area contributed by atoms with E-state index in [2.05, 4.69) is 33.2 Å². The number of benzene rings is 12. The molecule has 0 unspecified atom stereocenters. The average Bonchev–Trinajstić information content (AvgIpc) is 0.783. The van der Waals surface area contributed by atoms with Gasteiger partial charge in [0.15, 0.2) is 0 Å². The van der Waals surface area contributed by atoms with Crippen LogP contribution in [0, 0.1) is 0 Å². The Kier molecular flexibility index (Phi) is 19.9. The molecule has 12 aromatic carbocycles. The first-order valence-corrected chi connectivity index (χ1v) is 29.8. The first-order chi connectivity index (χ1) is 44.7. The summed E-state index contributed by atoms with van der Waals surface area (Å²) in [5.41, 5.74) is 9.21. The van der Waals surface area contributed by atoms with Gasteiger partial charge in [0, 0.05) is 35.3 Å². The average molecular weight is 1230 g/mol. The van der Waals surface area contributed by atoms with Crippen LogP contribution in [0.4, 0.5) is 17.1 Å². The van der Waals surface area contributed by atoms with Gasteiger partial charge in [-0.2, -0.15) is 0 Å². The van der Waals surface area contributed by atoms with E-state index in [4.69, 9.17) is 15.0 Å². The van der Waals surface area contributed by atoms with E-state index in [1.807, 2.05) is 237 Å². The Morgan fingerprint density at radius 1 is 0.272 bits per heavy atom. The van der Waals surface area contributed by atoms with Crippen LogP contribution in [0.2, 0.25) is 0 Å². The number of fused-ring (bicyclic) bond motifs is 6. The summed E-state index contributed by atoms with van der Waals surface area (Å²) in [6.07, 6.45) is 10.0. The van der Waals surface area contributed by atoms with Crippen LogP contribution in [0.15, 0.2) is 307 Å². The van der Waals surface area contributed by atoms with Gasteiger partial charge in [0.2, 0.25) is 0 Å². The smallest absolute Gasteiger partial charge is 0.872 e. The molecule has 92 heavy (non-hydrogen) atoms. The van der Waals surface area contributed by atoms with Crippen molar-refractivity contribution in [2.75, 3.05) is 0 Å². The molecule has 0 aliphatic heterocycles. The van der Waals surface area contributed by atoms with Crippen LogP contribution in [-0.4, -0.2) is 39.7 Å². The van der Waals surface area contributed by atoms with E-state index in [0.29, 0.717) is 16.7 Å². The van der Waals surface area contributed by atoms with Crippen molar-refractivity contribution in [1.29, 1.82) is 0 Å². The number of pyridine rings is 3. The van der Waals surface area contributed by atoms with Crippen LogP contribution < -0.4 is 20.4 Å². The maximum atomic E-state index is 13.0. The summed E-state index contributed by atoms with van der Waals surface area (Å²) in [5.74, 6) is -0.0157. The number of hydrogen-bond donors (Lipinski definition) is 0. The Labute approximate surface area is 548 Å². The van der Waals surface area contributed by atoms with Gasteiger partial charge in [-0.05, 0) is 136 Å². The van der Waals surface area contributed by atoms with E-state index in [0.717, 1.165) is 115 Å². The molecule has 0 atom stereocenters. The summed E-state index contributed by atoms with van der Waals surface area (Å²) in [6.45, 7) is 3.22. The standard InChI is InChI=1S/3C26H18N2O.C3H7O.Ti/c3*29-24-15-13-19-8-2-4-11-22(19)26(24)25-21-10-3-1-7-18(21)12-14-23(25)28-17-20-9-5-6-16-27-20;1-3(2)4;/h3*1-17,29H;3H,1-2H3;/q;;;-1;+4/p-3. The summed E-state index contributed by atoms with van der Waals surface area (Å²) < 4.78 is 0. The molecule has 3 heterocycles. The minimum absolute atomic E-state index is 0. The van der Waals surface area contributed by atoms with Gasteiger partial charge < -0.3 is 20.4 Å². The molecular weight excluding hydrogens is 1170 g/mol. The predicted molar refractivity (Wildman–Crippen MR) is 369 cm³/mol. The van der Waals surface area contributed by atoms with Gasteiger partial charge in [0.25, 0.3) is 0 Å². The van der Waals surface area contributed by atoms with Crippen molar-refractivity contribution in [2.45, 2.75) is 20.0 Å². The summed E-state index contributed by atoms with van der Waals surface area (Å²) in [6, 6.07) is 88.0. The monoisotopic (exact) mass is 1230 g/mol. The minimum Gasteiger partial charge on any atom is -0.872 e. The molecular formula is C81H58N6O4Ti. The number of aromatic nitrogens is 3. The molecule has 15 aromatic rings.